The molecule has 0 atom stereocenters. The van der Waals surface area contributed by atoms with Gasteiger partial charge in [-0.1, -0.05) is 41.7 Å². The third-order valence-electron chi connectivity index (χ3n) is 5.55. The summed E-state index contributed by atoms with van der Waals surface area (Å²) >= 11 is 0.851. The molecule has 3 aromatic rings. The van der Waals surface area contributed by atoms with E-state index in [9.17, 15) is 27.5 Å². The summed E-state index contributed by atoms with van der Waals surface area (Å²) < 4.78 is 58.7. The molecule has 0 saturated carbocycles. The van der Waals surface area contributed by atoms with E-state index in [-0.39, 0.29) is 11.4 Å². The Morgan fingerprint density at radius 3 is 2.56 bits per heavy atom. The number of aromatic nitrogens is 1. The van der Waals surface area contributed by atoms with Crippen molar-refractivity contribution in [1.82, 2.24) is 9.88 Å². The largest absolute Gasteiger partial charge is 0.493 e. The van der Waals surface area contributed by atoms with E-state index >= 15 is 0 Å². The molecule has 1 aliphatic heterocycles. The van der Waals surface area contributed by atoms with Crippen molar-refractivity contribution in [3.8, 4) is 17.0 Å². The van der Waals surface area contributed by atoms with E-state index < -0.39 is 22.4 Å². The number of morpholine rings is 1. The Balaban J connectivity index is 1.70. The molecule has 0 radical (unpaired) electrons. The van der Waals surface area contributed by atoms with Crippen molar-refractivity contribution in [2.24, 2.45) is 0 Å². The van der Waals surface area contributed by atoms with Gasteiger partial charge in [-0.25, -0.2) is 4.39 Å². The van der Waals surface area contributed by atoms with Gasteiger partial charge in [0.2, 0.25) is 5.88 Å². The van der Waals surface area contributed by atoms with E-state index in [0.717, 1.165) is 43.1 Å². The Kier molecular flexibility index (Phi) is 7.20. The Labute approximate surface area is 196 Å². The zero-order chi connectivity index (χ0) is 24.3. The number of thiazole rings is 1. The van der Waals surface area contributed by atoms with E-state index in [1.807, 2.05) is 6.08 Å². The highest BCUT2D eigenvalue weighted by molar-refractivity contribution is 7.10. The lowest BCUT2D eigenvalue weighted by Crippen LogP contribution is -2.36. The van der Waals surface area contributed by atoms with Crippen LogP contribution >= 0.6 is 11.3 Å². The Hall–Kier alpha value is -2.95. The number of rotatable bonds is 6. The molecule has 0 bridgehead atoms. The van der Waals surface area contributed by atoms with Crippen LogP contribution in [-0.4, -0.2) is 47.8 Å². The topological polar surface area (TPSA) is 65.6 Å². The van der Waals surface area contributed by atoms with Crippen molar-refractivity contribution in [2.45, 2.75) is 12.6 Å². The van der Waals surface area contributed by atoms with Crippen molar-refractivity contribution in [3.05, 3.63) is 80.0 Å². The minimum Gasteiger partial charge on any atom is -0.493 e. The van der Waals surface area contributed by atoms with Crippen molar-refractivity contribution >= 4 is 16.9 Å². The Morgan fingerprint density at radius 1 is 1.15 bits per heavy atom. The molecular formula is C24H22F4N2O3S. The molecule has 1 aromatic heterocycles. The lowest BCUT2D eigenvalue weighted by Gasteiger charge is -2.26. The molecule has 180 valence electrons. The molecule has 2 N–H and O–H groups in total. The van der Waals surface area contributed by atoms with Gasteiger partial charge in [0.05, 0.1) is 23.7 Å². The first-order valence-electron chi connectivity index (χ1n) is 10.6. The SMILES string of the molecule is O=c1[nH]c(O)c(C(=CCCN2CCOCC2)c2cccc(-c3ccc(F)c(C(F)(F)F)c3)c2)s1. The van der Waals surface area contributed by atoms with Crippen molar-refractivity contribution in [2.75, 3.05) is 32.8 Å². The summed E-state index contributed by atoms with van der Waals surface area (Å²) in [5.74, 6) is -1.60. The number of aromatic amines is 1. The van der Waals surface area contributed by atoms with E-state index in [0.29, 0.717) is 41.2 Å². The van der Waals surface area contributed by atoms with Gasteiger partial charge in [0.1, 0.15) is 5.82 Å². The number of hydrogen-bond acceptors (Lipinski definition) is 5. The maximum atomic E-state index is 13.7. The van der Waals surface area contributed by atoms with Crippen LogP contribution in [0.3, 0.4) is 0 Å². The summed E-state index contributed by atoms with van der Waals surface area (Å²) in [7, 11) is 0. The van der Waals surface area contributed by atoms with Crippen molar-refractivity contribution in [3.63, 3.8) is 0 Å². The monoisotopic (exact) mass is 494 g/mol. The molecule has 10 heteroatoms. The highest BCUT2D eigenvalue weighted by Crippen LogP contribution is 2.36. The van der Waals surface area contributed by atoms with E-state index in [1.165, 1.54) is 6.07 Å². The molecule has 0 spiro atoms. The smallest absolute Gasteiger partial charge is 0.419 e. The summed E-state index contributed by atoms with van der Waals surface area (Å²) in [5.41, 5.74) is 0.523. The zero-order valence-electron chi connectivity index (χ0n) is 18.0. The van der Waals surface area contributed by atoms with Crippen LogP contribution in [0.4, 0.5) is 17.6 Å². The van der Waals surface area contributed by atoms with Crippen LogP contribution < -0.4 is 4.87 Å². The molecule has 5 nitrogen and oxygen atoms in total. The summed E-state index contributed by atoms with van der Waals surface area (Å²) in [6, 6.07) is 9.58. The van der Waals surface area contributed by atoms with Gasteiger partial charge in [-0.2, -0.15) is 13.2 Å². The fourth-order valence-electron chi connectivity index (χ4n) is 3.85. The Bertz CT molecular complexity index is 1240. The lowest BCUT2D eigenvalue weighted by atomic mass is 9.96. The fourth-order valence-corrected chi connectivity index (χ4v) is 4.64. The van der Waals surface area contributed by atoms with Crippen LogP contribution in [0.15, 0.2) is 53.3 Å². The first-order chi connectivity index (χ1) is 16.2. The van der Waals surface area contributed by atoms with Crippen LogP contribution in [0.5, 0.6) is 5.88 Å². The average molecular weight is 495 g/mol. The Morgan fingerprint density at radius 2 is 1.88 bits per heavy atom. The van der Waals surface area contributed by atoms with Gasteiger partial charge in [0, 0.05) is 25.2 Å². The number of halogens is 4. The fraction of sp³-hybridized carbons (Fsp3) is 0.292. The van der Waals surface area contributed by atoms with Crippen LogP contribution in [0.25, 0.3) is 16.7 Å². The van der Waals surface area contributed by atoms with Crippen LogP contribution in [0.2, 0.25) is 0 Å². The third kappa shape index (κ3) is 5.57. The number of hydrogen-bond donors (Lipinski definition) is 2. The van der Waals surface area contributed by atoms with Gasteiger partial charge in [0.15, 0.2) is 0 Å². The molecule has 0 aliphatic carbocycles. The number of benzene rings is 2. The summed E-state index contributed by atoms with van der Waals surface area (Å²) in [4.78, 5) is 16.4. The van der Waals surface area contributed by atoms with Crippen molar-refractivity contribution in [1.29, 1.82) is 0 Å². The van der Waals surface area contributed by atoms with Gasteiger partial charge in [-0.3, -0.25) is 14.7 Å². The number of nitrogens with one attached hydrogen (secondary N) is 1. The van der Waals surface area contributed by atoms with Crippen LogP contribution in [0.1, 0.15) is 22.4 Å². The number of H-pyrrole nitrogens is 1. The second-order valence-corrected chi connectivity index (χ2v) is 8.81. The summed E-state index contributed by atoms with van der Waals surface area (Å²) in [5, 5.41) is 10.3. The number of aromatic hydroxyl groups is 1. The third-order valence-corrected chi connectivity index (χ3v) is 6.46. The molecule has 34 heavy (non-hydrogen) atoms. The molecule has 1 fully saturated rings. The molecule has 2 heterocycles. The van der Waals surface area contributed by atoms with Gasteiger partial charge >= 0.3 is 11.0 Å². The molecule has 2 aromatic carbocycles. The predicted octanol–water partition coefficient (Wildman–Crippen LogP) is 5.12. The highest BCUT2D eigenvalue weighted by Gasteiger charge is 2.34. The minimum atomic E-state index is -4.81. The quantitative estimate of drug-likeness (QED) is 0.467. The molecule has 0 unspecified atom stereocenters. The van der Waals surface area contributed by atoms with Crippen LogP contribution in [-0.2, 0) is 10.9 Å². The standard InChI is InChI=1S/C24H22F4N2O3S/c25-20-7-6-16(14-19(20)24(26,27)28)15-3-1-4-17(13-15)18(21-22(31)29-23(32)34-21)5-2-8-30-9-11-33-12-10-30/h1,3-7,13-14,31H,2,8-12H2,(H,29,32). The predicted molar refractivity (Wildman–Crippen MR) is 122 cm³/mol. The molecule has 1 saturated heterocycles. The number of nitrogens with zero attached hydrogens (tertiary/aromatic N) is 1. The van der Waals surface area contributed by atoms with Gasteiger partial charge < -0.3 is 9.84 Å². The van der Waals surface area contributed by atoms with Gasteiger partial charge in [-0.15, -0.1) is 0 Å². The molecule has 0 amide bonds. The van der Waals surface area contributed by atoms with Gasteiger partial charge in [0.25, 0.3) is 0 Å². The van der Waals surface area contributed by atoms with Crippen molar-refractivity contribution < 1.29 is 27.4 Å². The lowest BCUT2D eigenvalue weighted by molar-refractivity contribution is -0.139. The maximum absolute atomic E-state index is 13.7. The highest BCUT2D eigenvalue weighted by atomic mass is 32.1. The maximum Gasteiger partial charge on any atom is 0.419 e. The first-order valence-corrected chi connectivity index (χ1v) is 11.4. The number of ether oxygens (including phenoxy) is 1. The first kappa shape index (κ1) is 24.2. The van der Waals surface area contributed by atoms with Gasteiger partial charge in [-0.05, 0) is 41.3 Å². The molecular weight excluding hydrogens is 472 g/mol. The zero-order valence-corrected chi connectivity index (χ0v) is 18.8. The average Bonchev–Trinajstić information content (AvgIpc) is 3.14. The van der Waals surface area contributed by atoms with Crippen LogP contribution in [0, 0.1) is 5.82 Å². The number of alkyl halides is 3. The molecule has 1 aliphatic rings. The second-order valence-electron chi connectivity index (χ2n) is 7.83. The minimum absolute atomic E-state index is 0.203. The summed E-state index contributed by atoms with van der Waals surface area (Å²) in [6.07, 6.45) is -2.29. The summed E-state index contributed by atoms with van der Waals surface area (Å²) in [6.45, 7) is 3.70. The second kappa shape index (κ2) is 10.1. The van der Waals surface area contributed by atoms with E-state index in [1.54, 1.807) is 24.3 Å². The van der Waals surface area contributed by atoms with E-state index in [2.05, 4.69) is 9.88 Å². The normalized spacial score (nSPS) is 15.6. The molecule has 4 rings (SSSR count). The van der Waals surface area contributed by atoms with E-state index in [4.69, 9.17) is 4.74 Å².